The lowest BCUT2D eigenvalue weighted by Crippen LogP contribution is -2.03. The number of nitrogens with zero attached hydrogens (tertiary/aromatic N) is 1. The number of aromatic nitrogens is 1. The zero-order valence-corrected chi connectivity index (χ0v) is 22.3. The molecule has 6 aromatic carbocycles. The van der Waals surface area contributed by atoms with E-state index in [0.717, 1.165) is 12.8 Å². The molecule has 1 atom stereocenters. The van der Waals surface area contributed by atoms with Crippen LogP contribution in [0.25, 0.3) is 59.8 Å². The predicted octanol–water partition coefficient (Wildman–Crippen LogP) is 10.8. The van der Waals surface area contributed by atoms with Crippen molar-refractivity contribution in [3.8, 4) is 5.69 Å². The van der Waals surface area contributed by atoms with Gasteiger partial charge in [-0.25, -0.2) is 0 Å². The molecule has 0 fully saturated rings. The van der Waals surface area contributed by atoms with Crippen molar-refractivity contribution >= 4 is 54.1 Å². The summed E-state index contributed by atoms with van der Waals surface area (Å²) in [6.45, 7) is 4.24. The van der Waals surface area contributed by atoms with Gasteiger partial charge in [-0.15, -0.1) is 6.58 Å². The fourth-order valence-electron chi connectivity index (χ4n) is 6.95. The summed E-state index contributed by atoms with van der Waals surface area (Å²) in [6, 6.07) is 40.3. The Hall–Kier alpha value is -4.88. The molecule has 0 spiro atoms. The molecule has 1 unspecified atom stereocenters. The Kier molecular flexibility index (Phi) is 5.24. The van der Waals surface area contributed by atoms with E-state index in [1.165, 1.54) is 70.9 Å². The number of hydrogen-bond acceptors (Lipinski definition) is 0. The average molecular weight is 512 g/mol. The van der Waals surface area contributed by atoms with Crippen LogP contribution in [-0.2, 0) is 0 Å². The van der Waals surface area contributed by atoms with E-state index in [0.29, 0.717) is 0 Å². The summed E-state index contributed by atoms with van der Waals surface area (Å²) >= 11 is 0. The maximum atomic E-state index is 4.24. The molecule has 1 nitrogen and oxygen atoms in total. The molecule has 1 aromatic heterocycles. The normalized spacial score (nSPS) is 14.3. The first-order valence-electron chi connectivity index (χ1n) is 14.2. The number of fused-ring (bicyclic) bond motifs is 10. The van der Waals surface area contributed by atoms with Crippen LogP contribution >= 0.6 is 0 Å². The lowest BCUT2D eigenvalue weighted by Gasteiger charge is -2.20. The largest absolute Gasteiger partial charge is 0.309 e. The fourth-order valence-corrected chi connectivity index (χ4v) is 6.95. The van der Waals surface area contributed by atoms with Crippen LogP contribution in [0.15, 0.2) is 146 Å². The van der Waals surface area contributed by atoms with Gasteiger partial charge in [0.1, 0.15) is 0 Å². The SMILES string of the molecule is C=CC(C1=CC=CCC1)c1cccc(-n2c3ccccc3c3c4c5ccccc5ccc4c4ccccc4c32)c1. The van der Waals surface area contributed by atoms with Crippen LogP contribution in [0.2, 0.25) is 0 Å². The van der Waals surface area contributed by atoms with Crippen LogP contribution in [0.3, 0.4) is 0 Å². The molecule has 0 saturated carbocycles. The molecule has 1 heteroatoms. The van der Waals surface area contributed by atoms with E-state index in [9.17, 15) is 0 Å². The highest BCUT2D eigenvalue weighted by atomic mass is 15.0. The summed E-state index contributed by atoms with van der Waals surface area (Å²) in [5.74, 6) is 0.208. The summed E-state index contributed by atoms with van der Waals surface area (Å²) in [5.41, 5.74) is 6.41. The molecule has 1 heterocycles. The van der Waals surface area contributed by atoms with E-state index < -0.39 is 0 Å². The molecular formula is C39H29N. The molecule has 1 aliphatic rings. The van der Waals surface area contributed by atoms with E-state index in [1.807, 2.05) is 0 Å². The van der Waals surface area contributed by atoms with Gasteiger partial charge in [0, 0.05) is 33.2 Å². The molecule has 0 amide bonds. The molecule has 1 aliphatic carbocycles. The molecule has 7 aromatic rings. The Bertz CT molecular complexity index is 2190. The molecule has 8 rings (SSSR count). The molecule has 0 saturated heterocycles. The number of para-hydroxylation sites is 1. The second-order valence-electron chi connectivity index (χ2n) is 10.8. The Morgan fingerprint density at radius 3 is 2.27 bits per heavy atom. The van der Waals surface area contributed by atoms with Crippen molar-refractivity contribution in [3.05, 3.63) is 151 Å². The van der Waals surface area contributed by atoms with Crippen molar-refractivity contribution in [2.24, 2.45) is 0 Å². The highest BCUT2D eigenvalue weighted by molar-refractivity contribution is 6.36. The Morgan fingerprint density at radius 2 is 1.45 bits per heavy atom. The molecular weight excluding hydrogens is 482 g/mol. The third-order valence-corrected chi connectivity index (χ3v) is 8.69. The average Bonchev–Trinajstić information content (AvgIpc) is 3.37. The monoisotopic (exact) mass is 511 g/mol. The highest BCUT2D eigenvalue weighted by Crippen LogP contribution is 2.45. The maximum absolute atomic E-state index is 4.24. The van der Waals surface area contributed by atoms with Crippen LogP contribution in [0.5, 0.6) is 0 Å². The lowest BCUT2D eigenvalue weighted by atomic mass is 9.86. The van der Waals surface area contributed by atoms with E-state index in [2.05, 4.69) is 145 Å². The van der Waals surface area contributed by atoms with Gasteiger partial charge in [-0.2, -0.15) is 0 Å². The van der Waals surface area contributed by atoms with E-state index in [4.69, 9.17) is 0 Å². The zero-order chi connectivity index (χ0) is 26.6. The van der Waals surface area contributed by atoms with Crippen LogP contribution in [-0.4, -0.2) is 4.57 Å². The predicted molar refractivity (Wildman–Crippen MR) is 173 cm³/mol. The molecule has 190 valence electrons. The Balaban J connectivity index is 1.53. The van der Waals surface area contributed by atoms with Crippen molar-refractivity contribution in [1.82, 2.24) is 4.57 Å². The lowest BCUT2D eigenvalue weighted by molar-refractivity contribution is 0.851. The number of hydrogen-bond donors (Lipinski definition) is 0. The fraction of sp³-hybridized carbons (Fsp3) is 0.0769. The first-order valence-corrected chi connectivity index (χ1v) is 14.2. The van der Waals surface area contributed by atoms with E-state index >= 15 is 0 Å². The van der Waals surface area contributed by atoms with Crippen molar-refractivity contribution < 1.29 is 0 Å². The maximum Gasteiger partial charge on any atom is 0.0626 e. The van der Waals surface area contributed by atoms with Gasteiger partial charge in [0.05, 0.1) is 11.0 Å². The Morgan fingerprint density at radius 1 is 0.675 bits per heavy atom. The summed E-state index contributed by atoms with van der Waals surface area (Å²) < 4.78 is 2.49. The van der Waals surface area contributed by atoms with Gasteiger partial charge in [0.15, 0.2) is 0 Å². The van der Waals surface area contributed by atoms with Crippen LogP contribution < -0.4 is 0 Å². The molecule has 0 radical (unpaired) electrons. The van der Waals surface area contributed by atoms with Gasteiger partial charge in [-0.05, 0) is 58.1 Å². The Labute approximate surface area is 234 Å². The van der Waals surface area contributed by atoms with Gasteiger partial charge >= 0.3 is 0 Å². The summed E-state index contributed by atoms with van der Waals surface area (Å²) in [5, 5.41) is 10.4. The third kappa shape index (κ3) is 3.34. The summed E-state index contributed by atoms with van der Waals surface area (Å²) in [4.78, 5) is 0. The first kappa shape index (κ1) is 23.0. The van der Waals surface area contributed by atoms with E-state index in [-0.39, 0.29) is 5.92 Å². The minimum atomic E-state index is 0.208. The molecule has 0 N–H and O–H groups in total. The van der Waals surface area contributed by atoms with Crippen LogP contribution in [0.1, 0.15) is 24.3 Å². The topological polar surface area (TPSA) is 4.93 Å². The van der Waals surface area contributed by atoms with Crippen molar-refractivity contribution in [2.45, 2.75) is 18.8 Å². The second kappa shape index (κ2) is 9.10. The quantitative estimate of drug-likeness (QED) is 0.164. The van der Waals surface area contributed by atoms with Crippen molar-refractivity contribution in [1.29, 1.82) is 0 Å². The number of allylic oxidation sites excluding steroid dienone is 5. The summed E-state index contributed by atoms with van der Waals surface area (Å²) in [6.07, 6.45) is 11.0. The third-order valence-electron chi connectivity index (χ3n) is 8.69. The van der Waals surface area contributed by atoms with Gasteiger partial charge in [0.2, 0.25) is 0 Å². The van der Waals surface area contributed by atoms with Crippen molar-refractivity contribution in [3.63, 3.8) is 0 Å². The number of benzene rings is 6. The highest BCUT2D eigenvalue weighted by Gasteiger charge is 2.21. The molecule has 40 heavy (non-hydrogen) atoms. The molecule has 0 aliphatic heterocycles. The number of rotatable bonds is 4. The minimum Gasteiger partial charge on any atom is -0.309 e. The van der Waals surface area contributed by atoms with Gasteiger partial charge in [-0.1, -0.05) is 121 Å². The first-order chi connectivity index (χ1) is 19.8. The van der Waals surface area contributed by atoms with Gasteiger partial charge in [-0.3, -0.25) is 0 Å². The van der Waals surface area contributed by atoms with Crippen LogP contribution in [0, 0.1) is 0 Å². The van der Waals surface area contributed by atoms with E-state index in [1.54, 1.807) is 0 Å². The second-order valence-corrected chi connectivity index (χ2v) is 10.8. The van der Waals surface area contributed by atoms with Gasteiger partial charge in [0.25, 0.3) is 0 Å². The van der Waals surface area contributed by atoms with Gasteiger partial charge < -0.3 is 4.57 Å². The standard InChI is InChI=1S/C39H29N/c1-2-30(26-13-4-3-5-14-26)28-16-12-17-29(25-28)40-36-22-11-10-21-35(36)38-37-31-18-7-6-15-27(31)23-24-33(37)32-19-8-9-20-34(32)39(38)40/h2-4,6-13,15-25,30H,1,5,14H2. The zero-order valence-electron chi connectivity index (χ0n) is 22.3. The van der Waals surface area contributed by atoms with Crippen LogP contribution in [0.4, 0.5) is 0 Å². The minimum absolute atomic E-state index is 0.208. The summed E-state index contributed by atoms with van der Waals surface area (Å²) in [7, 11) is 0. The smallest absolute Gasteiger partial charge is 0.0626 e. The van der Waals surface area contributed by atoms with Crippen molar-refractivity contribution in [2.75, 3.05) is 0 Å². The molecule has 0 bridgehead atoms.